The van der Waals surface area contributed by atoms with Crippen LogP contribution in [0.4, 0.5) is 4.39 Å². The summed E-state index contributed by atoms with van der Waals surface area (Å²) in [5, 5.41) is 7.52. The van der Waals surface area contributed by atoms with Gasteiger partial charge in [0.1, 0.15) is 18.0 Å². The van der Waals surface area contributed by atoms with Gasteiger partial charge in [0.15, 0.2) is 0 Å². The Balaban J connectivity index is 0.00000120. The lowest BCUT2D eigenvalue weighted by atomic mass is 10.1. The molecular formula is C12H14ClFN4. The highest BCUT2D eigenvalue weighted by molar-refractivity contribution is 5.85. The first kappa shape index (κ1) is 13.0. The number of benzene rings is 1. The zero-order valence-corrected chi connectivity index (χ0v) is 10.5. The number of hydrogen-bond acceptors (Lipinski definition) is 3. The molecular weight excluding hydrogens is 255 g/mol. The SMILES string of the molecule is Cl.Fc1ccc(-n2ncnc2C2CCNC2)cc1. The third-order valence-corrected chi connectivity index (χ3v) is 3.07. The van der Waals surface area contributed by atoms with Gasteiger partial charge in [-0.05, 0) is 37.2 Å². The quantitative estimate of drug-likeness (QED) is 0.905. The first-order valence-corrected chi connectivity index (χ1v) is 5.71. The summed E-state index contributed by atoms with van der Waals surface area (Å²) in [6, 6.07) is 6.31. The molecule has 0 spiro atoms. The summed E-state index contributed by atoms with van der Waals surface area (Å²) in [5.74, 6) is 1.10. The molecule has 1 N–H and O–H groups in total. The molecule has 0 saturated carbocycles. The van der Waals surface area contributed by atoms with Gasteiger partial charge in [0.2, 0.25) is 0 Å². The number of halogens is 2. The zero-order valence-electron chi connectivity index (χ0n) is 9.71. The summed E-state index contributed by atoms with van der Waals surface area (Å²) < 4.78 is 14.7. The van der Waals surface area contributed by atoms with Crippen molar-refractivity contribution in [3.8, 4) is 5.69 Å². The van der Waals surface area contributed by atoms with Crippen molar-refractivity contribution in [2.24, 2.45) is 0 Å². The molecule has 1 fully saturated rings. The summed E-state index contributed by atoms with van der Waals surface area (Å²) in [6.45, 7) is 1.95. The Morgan fingerprint density at radius 3 is 2.72 bits per heavy atom. The zero-order chi connectivity index (χ0) is 11.7. The van der Waals surface area contributed by atoms with Gasteiger partial charge in [-0.15, -0.1) is 12.4 Å². The highest BCUT2D eigenvalue weighted by Crippen LogP contribution is 2.22. The molecule has 1 aliphatic heterocycles. The van der Waals surface area contributed by atoms with Crippen molar-refractivity contribution in [2.45, 2.75) is 12.3 Å². The minimum Gasteiger partial charge on any atom is -0.316 e. The average molecular weight is 269 g/mol. The van der Waals surface area contributed by atoms with Gasteiger partial charge >= 0.3 is 0 Å². The van der Waals surface area contributed by atoms with E-state index in [1.807, 2.05) is 0 Å². The van der Waals surface area contributed by atoms with Crippen LogP contribution < -0.4 is 5.32 Å². The lowest BCUT2D eigenvalue weighted by Gasteiger charge is -2.10. The molecule has 96 valence electrons. The monoisotopic (exact) mass is 268 g/mol. The number of rotatable bonds is 2. The summed E-state index contributed by atoms with van der Waals surface area (Å²) in [5.41, 5.74) is 0.853. The molecule has 0 aliphatic carbocycles. The molecule has 1 saturated heterocycles. The van der Waals surface area contributed by atoms with Gasteiger partial charge in [0.25, 0.3) is 0 Å². The fourth-order valence-electron chi connectivity index (χ4n) is 2.19. The highest BCUT2D eigenvalue weighted by Gasteiger charge is 2.22. The third-order valence-electron chi connectivity index (χ3n) is 3.07. The van der Waals surface area contributed by atoms with E-state index in [0.29, 0.717) is 5.92 Å². The van der Waals surface area contributed by atoms with Crippen molar-refractivity contribution in [3.05, 3.63) is 42.2 Å². The van der Waals surface area contributed by atoms with Crippen LogP contribution in [0.25, 0.3) is 5.69 Å². The Labute approximate surface area is 111 Å². The van der Waals surface area contributed by atoms with Crippen LogP contribution in [0.15, 0.2) is 30.6 Å². The number of hydrogen-bond donors (Lipinski definition) is 1. The molecule has 18 heavy (non-hydrogen) atoms. The van der Waals surface area contributed by atoms with Gasteiger partial charge in [0.05, 0.1) is 5.69 Å². The van der Waals surface area contributed by atoms with Gasteiger partial charge in [-0.25, -0.2) is 14.1 Å². The van der Waals surface area contributed by atoms with Gasteiger partial charge < -0.3 is 5.32 Å². The second-order valence-corrected chi connectivity index (χ2v) is 4.20. The summed E-state index contributed by atoms with van der Waals surface area (Å²) >= 11 is 0. The molecule has 2 heterocycles. The van der Waals surface area contributed by atoms with E-state index in [0.717, 1.165) is 31.0 Å². The third kappa shape index (κ3) is 2.37. The van der Waals surface area contributed by atoms with E-state index < -0.39 is 0 Å². The Morgan fingerprint density at radius 2 is 2.06 bits per heavy atom. The van der Waals surface area contributed by atoms with E-state index in [-0.39, 0.29) is 18.2 Å². The van der Waals surface area contributed by atoms with E-state index in [2.05, 4.69) is 15.4 Å². The number of nitrogens with one attached hydrogen (secondary N) is 1. The molecule has 1 unspecified atom stereocenters. The van der Waals surface area contributed by atoms with Gasteiger partial charge in [0, 0.05) is 12.5 Å². The maximum absolute atomic E-state index is 12.9. The minimum absolute atomic E-state index is 0. The minimum atomic E-state index is -0.238. The van der Waals surface area contributed by atoms with E-state index in [1.165, 1.54) is 12.1 Å². The van der Waals surface area contributed by atoms with Crippen molar-refractivity contribution in [2.75, 3.05) is 13.1 Å². The molecule has 1 aromatic heterocycles. The first-order valence-electron chi connectivity index (χ1n) is 5.71. The van der Waals surface area contributed by atoms with Crippen LogP contribution in [0.5, 0.6) is 0 Å². The standard InChI is InChI=1S/C12H13FN4.ClH/c13-10-1-3-11(4-2-10)17-12(15-8-16-17)9-5-6-14-7-9;/h1-4,8-9,14H,5-7H2;1H. The van der Waals surface area contributed by atoms with Crippen molar-refractivity contribution < 1.29 is 4.39 Å². The Kier molecular flexibility index (Phi) is 3.93. The fraction of sp³-hybridized carbons (Fsp3) is 0.333. The van der Waals surface area contributed by atoms with Crippen molar-refractivity contribution in [1.82, 2.24) is 20.1 Å². The lowest BCUT2D eigenvalue weighted by molar-refractivity contribution is 0.625. The molecule has 1 atom stereocenters. The first-order chi connectivity index (χ1) is 8.34. The van der Waals surface area contributed by atoms with E-state index in [4.69, 9.17) is 0 Å². The summed E-state index contributed by atoms with van der Waals surface area (Å²) in [4.78, 5) is 4.32. The maximum Gasteiger partial charge on any atom is 0.138 e. The van der Waals surface area contributed by atoms with E-state index >= 15 is 0 Å². The molecule has 4 nitrogen and oxygen atoms in total. The molecule has 1 aromatic carbocycles. The van der Waals surface area contributed by atoms with Crippen LogP contribution >= 0.6 is 12.4 Å². The molecule has 2 aromatic rings. The summed E-state index contributed by atoms with van der Waals surface area (Å²) in [6.07, 6.45) is 2.62. The Bertz CT molecular complexity index is 505. The molecule has 6 heteroatoms. The smallest absolute Gasteiger partial charge is 0.138 e. The predicted octanol–water partition coefficient (Wildman–Crippen LogP) is 1.91. The number of aromatic nitrogens is 3. The van der Waals surface area contributed by atoms with Gasteiger partial charge in [-0.3, -0.25) is 0 Å². The molecule has 3 rings (SSSR count). The molecule has 0 bridgehead atoms. The fourth-order valence-corrected chi connectivity index (χ4v) is 2.19. The van der Waals surface area contributed by atoms with Crippen molar-refractivity contribution >= 4 is 12.4 Å². The second kappa shape index (κ2) is 5.46. The van der Waals surface area contributed by atoms with Crippen molar-refractivity contribution in [1.29, 1.82) is 0 Å². The Hall–Kier alpha value is -1.46. The molecule has 0 amide bonds. The van der Waals surface area contributed by atoms with Gasteiger partial charge in [-0.1, -0.05) is 0 Å². The van der Waals surface area contributed by atoms with Crippen LogP contribution in [-0.2, 0) is 0 Å². The Morgan fingerprint density at radius 1 is 1.28 bits per heavy atom. The van der Waals surface area contributed by atoms with Crippen molar-refractivity contribution in [3.63, 3.8) is 0 Å². The van der Waals surface area contributed by atoms with Crippen LogP contribution in [0.1, 0.15) is 18.2 Å². The molecule has 0 radical (unpaired) electrons. The number of nitrogens with zero attached hydrogens (tertiary/aromatic N) is 3. The predicted molar refractivity (Wildman–Crippen MR) is 68.8 cm³/mol. The maximum atomic E-state index is 12.9. The highest BCUT2D eigenvalue weighted by atomic mass is 35.5. The van der Waals surface area contributed by atoms with Gasteiger partial charge in [-0.2, -0.15) is 5.10 Å². The largest absolute Gasteiger partial charge is 0.316 e. The average Bonchev–Trinajstić information content (AvgIpc) is 3.00. The summed E-state index contributed by atoms with van der Waals surface area (Å²) in [7, 11) is 0. The molecule has 1 aliphatic rings. The van der Waals surface area contributed by atoms with E-state index in [9.17, 15) is 4.39 Å². The normalized spacial score (nSPS) is 18.6. The van der Waals surface area contributed by atoms with Crippen LogP contribution in [0, 0.1) is 5.82 Å². The van der Waals surface area contributed by atoms with E-state index in [1.54, 1.807) is 23.1 Å². The van der Waals surface area contributed by atoms with Crippen LogP contribution in [0.3, 0.4) is 0 Å². The lowest BCUT2D eigenvalue weighted by Crippen LogP contribution is -2.12. The van der Waals surface area contributed by atoms with Crippen LogP contribution in [0.2, 0.25) is 0 Å². The topological polar surface area (TPSA) is 42.7 Å². The second-order valence-electron chi connectivity index (χ2n) is 4.20. The van der Waals surface area contributed by atoms with Crippen LogP contribution in [-0.4, -0.2) is 27.9 Å².